The molecule has 15 heavy (non-hydrogen) atoms. The van der Waals surface area contributed by atoms with E-state index in [1.54, 1.807) is 0 Å². The van der Waals surface area contributed by atoms with E-state index in [4.69, 9.17) is 20.5 Å². The first-order chi connectivity index (χ1) is 7.22. The van der Waals surface area contributed by atoms with E-state index < -0.39 is 0 Å². The minimum Gasteiger partial charge on any atom is -0.454 e. The summed E-state index contributed by atoms with van der Waals surface area (Å²) >= 11 is 3.40. The number of nitriles is 1. The lowest BCUT2D eigenvalue weighted by molar-refractivity contribution is 0.174. The van der Waals surface area contributed by atoms with Crippen LogP contribution in [0.1, 0.15) is 18.0 Å². The van der Waals surface area contributed by atoms with Gasteiger partial charge in [-0.15, -0.1) is 0 Å². The van der Waals surface area contributed by atoms with Crippen LogP contribution in [0.4, 0.5) is 0 Å². The van der Waals surface area contributed by atoms with E-state index in [0.717, 1.165) is 10.0 Å². The van der Waals surface area contributed by atoms with Crippen molar-refractivity contribution in [2.45, 2.75) is 12.5 Å². The van der Waals surface area contributed by atoms with Crippen LogP contribution in [-0.4, -0.2) is 6.79 Å². The van der Waals surface area contributed by atoms with Crippen LogP contribution >= 0.6 is 15.9 Å². The van der Waals surface area contributed by atoms with E-state index in [1.807, 2.05) is 18.2 Å². The van der Waals surface area contributed by atoms with Crippen LogP contribution in [0.2, 0.25) is 0 Å². The highest BCUT2D eigenvalue weighted by Crippen LogP contribution is 2.38. The van der Waals surface area contributed by atoms with Crippen molar-refractivity contribution in [2.75, 3.05) is 6.79 Å². The average Bonchev–Trinajstić information content (AvgIpc) is 2.63. The highest BCUT2D eigenvalue weighted by atomic mass is 79.9. The van der Waals surface area contributed by atoms with Crippen molar-refractivity contribution in [2.24, 2.45) is 5.73 Å². The van der Waals surface area contributed by atoms with Crippen molar-refractivity contribution in [3.63, 3.8) is 0 Å². The van der Waals surface area contributed by atoms with Gasteiger partial charge in [-0.25, -0.2) is 0 Å². The van der Waals surface area contributed by atoms with Gasteiger partial charge in [0.25, 0.3) is 0 Å². The molecule has 4 nitrogen and oxygen atoms in total. The third-order valence-corrected chi connectivity index (χ3v) is 2.89. The summed E-state index contributed by atoms with van der Waals surface area (Å²) in [5.41, 5.74) is 6.71. The fraction of sp³-hybridized carbons (Fsp3) is 0.300. The summed E-state index contributed by atoms with van der Waals surface area (Å²) in [4.78, 5) is 0. The molecule has 1 aliphatic heterocycles. The lowest BCUT2D eigenvalue weighted by atomic mass is 10.0. The van der Waals surface area contributed by atoms with Gasteiger partial charge in [0.05, 0.1) is 12.5 Å². The predicted molar refractivity (Wildman–Crippen MR) is 57.4 cm³/mol. The Morgan fingerprint density at radius 2 is 2.13 bits per heavy atom. The molecule has 2 rings (SSSR count). The zero-order chi connectivity index (χ0) is 10.8. The van der Waals surface area contributed by atoms with E-state index in [2.05, 4.69) is 15.9 Å². The first kappa shape index (κ1) is 10.3. The summed E-state index contributed by atoms with van der Waals surface area (Å²) in [7, 11) is 0. The molecule has 1 aliphatic rings. The second kappa shape index (κ2) is 4.09. The van der Waals surface area contributed by atoms with Crippen molar-refractivity contribution in [1.82, 2.24) is 0 Å². The summed E-state index contributed by atoms with van der Waals surface area (Å²) in [6, 6.07) is 5.36. The van der Waals surface area contributed by atoms with Crippen molar-refractivity contribution in [3.8, 4) is 17.6 Å². The van der Waals surface area contributed by atoms with Crippen LogP contribution in [0.15, 0.2) is 16.6 Å². The lowest BCUT2D eigenvalue weighted by Gasteiger charge is -2.11. The number of rotatable bonds is 2. The third kappa shape index (κ3) is 1.91. The van der Waals surface area contributed by atoms with Gasteiger partial charge in [0.1, 0.15) is 0 Å². The summed E-state index contributed by atoms with van der Waals surface area (Å²) < 4.78 is 11.3. The van der Waals surface area contributed by atoms with E-state index in [0.29, 0.717) is 11.5 Å². The van der Waals surface area contributed by atoms with E-state index in [1.165, 1.54) is 0 Å². The topological polar surface area (TPSA) is 68.3 Å². The SMILES string of the molecule is N#CC[C@@H](N)c1cc2c(cc1Br)OCO2. The molecule has 0 saturated carbocycles. The van der Waals surface area contributed by atoms with E-state index >= 15 is 0 Å². The van der Waals surface area contributed by atoms with Gasteiger partial charge < -0.3 is 15.2 Å². The number of fused-ring (bicyclic) bond motifs is 1. The second-order valence-corrected chi connectivity index (χ2v) is 4.05. The first-order valence-electron chi connectivity index (χ1n) is 4.44. The number of ether oxygens (including phenoxy) is 2. The summed E-state index contributed by atoms with van der Waals surface area (Å²) in [5, 5.41) is 8.58. The molecule has 0 aromatic heterocycles. The Bertz CT molecular complexity index is 428. The number of nitrogens with two attached hydrogens (primary N) is 1. The minimum absolute atomic E-state index is 0.235. The molecule has 0 unspecified atom stereocenters. The quantitative estimate of drug-likeness (QED) is 0.892. The number of hydrogen-bond donors (Lipinski definition) is 1. The van der Waals surface area contributed by atoms with Gasteiger partial charge >= 0.3 is 0 Å². The fourth-order valence-electron chi connectivity index (χ4n) is 1.43. The molecule has 1 aromatic carbocycles. The maximum atomic E-state index is 8.58. The van der Waals surface area contributed by atoms with Crippen LogP contribution in [0, 0.1) is 11.3 Å². The Morgan fingerprint density at radius 1 is 1.47 bits per heavy atom. The maximum Gasteiger partial charge on any atom is 0.231 e. The molecular weight excluding hydrogens is 260 g/mol. The van der Waals surface area contributed by atoms with Crippen LogP contribution in [0.5, 0.6) is 11.5 Å². The van der Waals surface area contributed by atoms with E-state index in [-0.39, 0.29) is 19.3 Å². The molecule has 0 radical (unpaired) electrons. The second-order valence-electron chi connectivity index (χ2n) is 3.20. The van der Waals surface area contributed by atoms with Crippen molar-refractivity contribution in [3.05, 3.63) is 22.2 Å². The molecule has 1 atom stereocenters. The van der Waals surface area contributed by atoms with Crippen LogP contribution < -0.4 is 15.2 Å². The van der Waals surface area contributed by atoms with Crippen molar-refractivity contribution in [1.29, 1.82) is 5.26 Å². The monoisotopic (exact) mass is 268 g/mol. The molecule has 5 heteroatoms. The molecule has 1 heterocycles. The van der Waals surface area contributed by atoms with Crippen LogP contribution in [0.25, 0.3) is 0 Å². The molecular formula is C10H9BrN2O2. The van der Waals surface area contributed by atoms with Crippen LogP contribution in [-0.2, 0) is 0 Å². The molecule has 1 aromatic rings. The largest absolute Gasteiger partial charge is 0.454 e. The van der Waals surface area contributed by atoms with Crippen molar-refractivity contribution >= 4 is 15.9 Å². The minimum atomic E-state index is -0.307. The first-order valence-corrected chi connectivity index (χ1v) is 5.23. The fourth-order valence-corrected chi connectivity index (χ4v) is 2.04. The van der Waals surface area contributed by atoms with Gasteiger partial charge in [-0.3, -0.25) is 0 Å². The van der Waals surface area contributed by atoms with Gasteiger partial charge in [0.2, 0.25) is 6.79 Å². The standard InChI is InChI=1S/C10H9BrN2O2/c11-7-4-10-9(14-5-15-10)3-6(7)8(13)1-2-12/h3-4,8H,1,5,13H2/t8-/m1/s1. The Morgan fingerprint density at radius 3 is 2.80 bits per heavy atom. The Kier molecular flexibility index (Phi) is 2.80. The molecule has 78 valence electrons. The average molecular weight is 269 g/mol. The Hall–Kier alpha value is -1.25. The third-order valence-electron chi connectivity index (χ3n) is 2.20. The number of halogens is 1. The molecule has 0 spiro atoms. The number of nitrogens with zero attached hydrogens (tertiary/aromatic N) is 1. The molecule has 0 bridgehead atoms. The highest BCUT2D eigenvalue weighted by molar-refractivity contribution is 9.10. The smallest absolute Gasteiger partial charge is 0.231 e. The zero-order valence-electron chi connectivity index (χ0n) is 7.87. The Labute approximate surface area is 95.7 Å². The van der Waals surface area contributed by atoms with Gasteiger partial charge in [-0.2, -0.15) is 5.26 Å². The molecule has 0 aliphatic carbocycles. The zero-order valence-corrected chi connectivity index (χ0v) is 9.45. The van der Waals surface area contributed by atoms with Gasteiger partial charge in [0, 0.05) is 10.5 Å². The summed E-state index contributed by atoms with van der Waals surface area (Å²) in [5.74, 6) is 1.39. The molecule has 0 fully saturated rings. The Balaban J connectivity index is 2.37. The van der Waals surface area contributed by atoms with Crippen LogP contribution in [0.3, 0.4) is 0 Å². The number of benzene rings is 1. The molecule has 0 amide bonds. The summed E-state index contributed by atoms with van der Waals surface area (Å²) in [6.45, 7) is 0.235. The number of hydrogen-bond acceptors (Lipinski definition) is 4. The summed E-state index contributed by atoms with van der Waals surface area (Å²) in [6.07, 6.45) is 0.276. The normalized spacial score (nSPS) is 14.7. The van der Waals surface area contributed by atoms with Gasteiger partial charge in [0.15, 0.2) is 11.5 Å². The van der Waals surface area contributed by atoms with Gasteiger partial charge in [-0.05, 0) is 17.7 Å². The van der Waals surface area contributed by atoms with E-state index in [9.17, 15) is 0 Å². The molecule has 2 N–H and O–H groups in total. The van der Waals surface area contributed by atoms with Crippen molar-refractivity contribution < 1.29 is 9.47 Å². The lowest BCUT2D eigenvalue weighted by Crippen LogP contribution is -2.09. The highest BCUT2D eigenvalue weighted by Gasteiger charge is 2.19. The predicted octanol–water partition coefficient (Wildman–Crippen LogP) is 2.09. The van der Waals surface area contributed by atoms with Gasteiger partial charge in [-0.1, -0.05) is 15.9 Å². The maximum absolute atomic E-state index is 8.58. The molecule has 0 saturated heterocycles.